The third-order valence-corrected chi connectivity index (χ3v) is 3.05. The van der Waals surface area contributed by atoms with Crippen LogP contribution in [0.3, 0.4) is 0 Å². The molecule has 1 aromatic carbocycles. The van der Waals surface area contributed by atoms with Gasteiger partial charge in [-0.05, 0) is 33.4 Å². The number of aliphatic hydroxyl groups is 1. The van der Waals surface area contributed by atoms with Gasteiger partial charge < -0.3 is 14.6 Å². The molecule has 1 rings (SSSR count). The first-order valence-electron chi connectivity index (χ1n) is 7.59. The maximum atomic E-state index is 9.95. The molecule has 0 aliphatic heterocycles. The van der Waals surface area contributed by atoms with Crippen LogP contribution in [0.25, 0.3) is 0 Å². The molecule has 0 saturated heterocycles. The van der Waals surface area contributed by atoms with Gasteiger partial charge in [-0.1, -0.05) is 29.8 Å². The van der Waals surface area contributed by atoms with Crippen molar-refractivity contribution in [3.8, 4) is 0 Å². The molecule has 1 N–H and O–H groups in total. The second-order valence-corrected chi connectivity index (χ2v) is 5.83. The second kappa shape index (κ2) is 9.90. The number of hydrogen-bond acceptors (Lipinski definition) is 4. The van der Waals surface area contributed by atoms with E-state index in [0.29, 0.717) is 26.4 Å². The fourth-order valence-electron chi connectivity index (χ4n) is 2.16. The van der Waals surface area contributed by atoms with Gasteiger partial charge in [-0.2, -0.15) is 0 Å². The smallest absolute Gasteiger partial charge is 0.0900 e. The molecule has 0 radical (unpaired) electrons. The topological polar surface area (TPSA) is 41.9 Å². The quantitative estimate of drug-likeness (QED) is 0.672. The molecule has 0 aromatic heterocycles. The Morgan fingerprint density at radius 2 is 2.00 bits per heavy atom. The molecular formula is C17H29NO3. The standard InChI is InChI=1S/C17H29NO3/c1-14(2)21-9-8-20-13-17(19)12-18(4)11-16-7-5-6-15(3)10-16/h5-7,10,14,17,19H,8-9,11-13H2,1-4H3. The molecule has 21 heavy (non-hydrogen) atoms. The minimum atomic E-state index is -0.473. The van der Waals surface area contributed by atoms with Gasteiger partial charge in [-0.15, -0.1) is 0 Å². The monoisotopic (exact) mass is 295 g/mol. The van der Waals surface area contributed by atoms with Crippen molar-refractivity contribution in [1.82, 2.24) is 4.90 Å². The molecule has 0 aliphatic rings. The highest BCUT2D eigenvalue weighted by molar-refractivity contribution is 5.21. The van der Waals surface area contributed by atoms with E-state index in [4.69, 9.17) is 9.47 Å². The van der Waals surface area contributed by atoms with Gasteiger partial charge in [0.15, 0.2) is 0 Å². The maximum Gasteiger partial charge on any atom is 0.0900 e. The van der Waals surface area contributed by atoms with Crippen molar-refractivity contribution in [2.75, 3.05) is 33.4 Å². The van der Waals surface area contributed by atoms with Crippen LogP contribution in [0.15, 0.2) is 24.3 Å². The van der Waals surface area contributed by atoms with Crippen molar-refractivity contribution in [1.29, 1.82) is 0 Å². The van der Waals surface area contributed by atoms with E-state index in [1.54, 1.807) is 0 Å². The zero-order valence-corrected chi connectivity index (χ0v) is 13.7. The molecule has 1 unspecified atom stereocenters. The average molecular weight is 295 g/mol. The third kappa shape index (κ3) is 8.83. The number of aryl methyl sites for hydroxylation is 1. The molecule has 1 atom stereocenters. The summed E-state index contributed by atoms with van der Waals surface area (Å²) in [6, 6.07) is 8.43. The summed E-state index contributed by atoms with van der Waals surface area (Å²) in [5.41, 5.74) is 2.52. The Balaban J connectivity index is 2.17. The number of rotatable bonds is 10. The van der Waals surface area contributed by atoms with Crippen LogP contribution in [-0.2, 0) is 16.0 Å². The predicted octanol–water partition coefficient (Wildman–Crippen LogP) is 2.23. The van der Waals surface area contributed by atoms with Gasteiger partial charge in [-0.3, -0.25) is 4.90 Å². The molecule has 0 spiro atoms. The molecule has 1 aromatic rings. The van der Waals surface area contributed by atoms with Crippen molar-refractivity contribution in [3.63, 3.8) is 0 Å². The van der Waals surface area contributed by atoms with E-state index in [0.717, 1.165) is 6.54 Å². The van der Waals surface area contributed by atoms with Crippen LogP contribution in [0.4, 0.5) is 0 Å². The summed E-state index contributed by atoms with van der Waals surface area (Å²) in [6.45, 7) is 8.95. The summed E-state index contributed by atoms with van der Waals surface area (Å²) >= 11 is 0. The number of nitrogens with zero attached hydrogens (tertiary/aromatic N) is 1. The average Bonchev–Trinajstić information content (AvgIpc) is 2.37. The number of likely N-dealkylation sites (N-methyl/N-ethyl adjacent to an activating group) is 1. The van der Waals surface area contributed by atoms with Crippen molar-refractivity contribution < 1.29 is 14.6 Å². The molecule has 0 fully saturated rings. The number of aliphatic hydroxyl groups excluding tert-OH is 1. The Bertz CT molecular complexity index is 395. The molecule has 0 aliphatic carbocycles. The van der Waals surface area contributed by atoms with E-state index in [-0.39, 0.29) is 6.10 Å². The Morgan fingerprint density at radius 1 is 1.24 bits per heavy atom. The Hall–Kier alpha value is -0.940. The van der Waals surface area contributed by atoms with Crippen LogP contribution in [0, 0.1) is 6.92 Å². The molecule has 0 saturated carbocycles. The van der Waals surface area contributed by atoms with Gasteiger partial charge in [0.2, 0.25) is 0 Å². The first-order chi connectivity index (χ1) is 9.97. The normalized spacial score (nSPS) is 13.1. The third-order valence-electron chi connectivity index (χ3n) is 3.05. The first kappa shape index (κ1) is 18.1. The lowest BCUT2D eigenvalue weighted by Crippen LogP contribution is -2.32. The van der Waals surface area contributed by atoms with Crippen LogP contribution in [0.5, 0.6) is 0 Å². The number of ether oxygens (including phenoxy) is 2. The zero-order chi connectivity index (χ0) is 15.7. The predicted molar refractivity (Wildman–Crippen MR) is 85.4 cm³/mol. The van der Waals surface area contributed by atoms with E-state index in [1.165, 1.54) is 11.1 Å². The highest BCUT2D eigenvalue weighted by Gasteiger charge is 2.09. The van der Waals surface area contributed by atoms with Crippen molar-refractivity contribution in [2.24, 2.45) is 0 Å². The van der Waals surface area contributed by atoms with Crippen molar-refractivity contribution >= 4 is 0 Å². The van der Waals surface area contributed by atoms with Gasteiger partial charge in [0, 0.05) is 13.1 Å². The lowest BCUT2D eigenvalue weighted by Gasteiger charge is -2.21. The second-order valence-electron chi connectivity index (χ2n) is 5.83. The first-order valence-corrected chi connectivity index (χ1v) is 7.59. The van der Waals surface area contributed by atoms with Crippen LogP contribution in [-0.4, -0.2) is 55.6 Å². The van der Waals surface area contributed by atoms with Gasteiger partial charge in [0.25, 0.3) is 0 Å². The van der Waals surface area contributed by atoms with E-state index >= 15 is 0 Å². The molecule has 4 nitrogen and oxygen atoms in total. The summed E-state index contributed by atoms with van der Waals surface area (Å²) in [6.07, 6.45) is -0.252. The Morgan fingerprint density at radius 3 is 2.67 bits per heavy atom. The summed E-state index contributed by atoms with van der Waals surface area (Å²) in [5.74, 6) is 0. The molecule has 4 heteroatoms. The van der Waals surface area contributed by atoms with Crippen LogP contribution in [0.2, 0.25) is 0 Å². The summed E-state index contributed by atoms with van der Waals surface area (Å²) < 4.78 is 10.8. The lowest BCUT2D eigenvalue weighted by atomic mass is 10.1. The maximum absolute atomic E-state index is 9.95. The van der Waals surface area contributed by atoms with E-state index < -0.39 is 6.10 Å². The molecule has 0 amide bonds. The van der Waals surface area contributed by atoms with Crippen LogP contribution >= 0.6 is 0 Å². The molecule has 120 valence electrons. The lowest BCUT2D eigenvalue weighted by molar-refractivity contribution is -0.0174. The highest BCUT2D eigenvalue weighted by atomic mass is 16.5. The molecule has 0 bridgehead atoms. The Kier molecular flexibility index (Phi) is 8.54. The Labute approximate surface area is 128 Å². The summed E-state index contributed by atoms with van der Waals surface area (Å²) in [5, 5.41) is 9.95. The highest BCUT2D eigenvalue weighted by Crippen LogP contribution is 2.07. The minimum absolute atomic E-state index is 0.221. The summed E-state index contributed by atoms with van der Waals surface area (Å²) in [4.78, 5) is 2.10. The largest absolute Gasteiger partial charge is 0.389 e. The van der Waals surface area contributed by atoms with Crippen LogP contribution < -0.4 is 0 Å². The van der Waals surface area contributed by atoms with E-state index in [2.05, 4.69) is 36.1 Å². The van der Waals surface area contributed by atoms with Crippen molar-refractivity contribution in [2.45, 2.75) is 39.5 Å². The van der Waals surface area contributed by atoms with E-state index in [9.17, 15) is 5.11 Å². The minimum Gasteiger partial charge on any atom is -0.389 e. The van der Waals surface area contributed by atoms with Gasteiger partial charge in [0.05, 0.1) is 32.0 Å². The molecule has 0 heterocycles. The van der Waals surface area contributed by atoms with Gasteiger partial charge >= 0.3 is 0 Å². The SMILES string of the molecule is Cc1cccc(CN(C)CC(O)COCCOC(C)C)c1. The van der Waals surface area contributed by atoms with E-state index in [1.807, 2.05) is 20.9 Å². The fourth-order valence-corrected chi connectivity index (χ4v) is 2.16. The number of benzene rings is 1. The van der Waals surface area contributed by atoms with Crippen molar-refractivity contribution in [3.05, 3.63) is 35.4 Å². The van der Waals surface area contributed by atoms with Gasteiger partial charge in [-0.25, -0.2) is 0 Å². The van der Waals surface area contributed by atoms with Gasteiger partial charge in [0.1, 0.15) is 0 Å². The van der Waals surface area contributed by atoms with Crippen LogP contribution in [0.1, 0.15) is 25.0 Å². The summed E-state index contributed by atoms with van der Waals surface area (Å²) in [7, 11) is 2.01. The fraction of sp³-hybridized carbons (Fsp3) is 0.647. The number of hydrogen-bond donors (Lipinski definition) is 1. The zero-order valence-electron chi connectivity index (χ0n) is 13.7. The molecular weight excluding hydrogens is 266 g/mol.